The van der Waals surface area contributed by atoms with Gasteiger partial charge in [0, 0.05) is 18.8 Å². The van der Waals surface area contributed by atoms with Crippen molar-refractivity contribution >= 4 is 6.29 Å². The van der Waals surface area contributed by atoms with Crippen molar-refractivity contribution in [1.29, 1.82) is 0 Å². The molecule has 1 heterocycles. The van der Waals surface area contributed by atoms with E-state index in [9.17, 15) is 4.79 Å². The molecule has 0 aromatic heterocycles. The van der Waals surface area contributed by atoms with E-state index >= 15 is 0 Å². The van der Waals surface area contributed by atoms with E-state index in [-0.39, 0.29) is 0 Å². The maximum absolute atomic E-state index is 10.6. The summed E-state index contributed by atoms with van der Waals surface area (Å²) in [6, 6.07) is 7.90. The molecular weight excluding hydrogens is 200 g/mol. The lowest BCUT2D eigenvalue weighted by Crippen LogP contribution is -2.22. The molecule has 0 saturated carbocycles. The van der Waals surface area contributed by atoms with E-state index in [1.54, 1.807) is 0 Å². The van der Waals surface area contributed by atoms with Crippen LogP contribution in [0.2, 0.25) is 0 Å². The minimum absolute atomic E-state index is 0.515. The third kappa shape index (κ3) is 2.50. The van der Waals surface area contributed by atoms with Gasteiger partial charge in [0.05, 0.1) is 0 Å². The van der Waals surface area contributed by atoms with Crippen LogP contribution in [0.25, 0.3) is 0 Å². The molecule has 86 valence electrons. The van der Waals surface area contributed by atoms with Gasteiger partial charge in [-0.1, -0.05) is 31.2 Å². The average Bonchev–Trinajstić information content (AvgIpc) is 2.39. The second-order valence-corrected chi connectivity index (χ2v) is 4.55. The van der Waals surface area contributed by atoms with Crippen molar-refractivity contribution in [3.8, 4) is 0 Å². The Labute approximate surface area is 96.6 Å². The zero-order valence-corrected chi connectivity index (χ0v) is 9.69. The molecule has 0 N–H and O–H groups in total. The smallest absolute Gasteiger partial charge is 0.150 e. The Morgan fingerprint density at radius 1 is 1.38 bits per heavy atom. The molecule has 1 aromatic rings. The largest absolute Gasteiger partial charge is 0.381 e. The van der Waals surface area contributed by atoms with Crippen LogP contribution in [-0.4, -0.2) is 19.5 Å². The number of rotatable bonds is 3. The highest BCUT2D eigenvalue weighted by molar-refractivity contribution is 5.74. The van der Waals surface area contributed by atoms with Gasteiger partial charge in [-0.05, 0) is 30.2 Å². The summed E-state index contributed by atoms with van der Waals surface area (Å²) in [5.41, 5.74) is 2.05. The summed E-state index contributed by atoms with van der Waals surface area (Å²) in [6.45, 7) is 4.03. The number of carbonyl (C=O) groups excluding carboxylic acids is 1. The zero-order valence-electron chi connectivity index (χ0n) is 9.69. The van der Waals surface area contributed by atoms with Crippen LogP contribution in [0.5, 0.6) is 0 Å². The zero-order chi connectivity index (χ0) is 11.4. The van der Waals surface area contributed by atoms with Crippen LogP contribution in [0.1, 0.15) is 41.6 Å². The molecule has 0 radical (unpaired) electrons. The van der Waals surface area contributed by atoms with Crippen LogP contribution in [0.3, 0.4) is 0 Å². The standard InChI is InChI=1S/C14H18O2/c1-11(14-3-2-8-16-10-14)13-6-4-12(9-15)5-7-13/h4-7,9,11,14H,2-3,8,10H2,1H3. The Morgan fingerprint density at radius 2 is 2.12 bits per heavy atom. The Kier molecular flexibility index (Phi) is 3.73. The number of hydrogen-bond acceptors (Lipinski definition) is 2. The third-order valence-electron chi connectivity index (χ3n) is 3.50. The van der Waals surface area contributed by atoms with Crippen molar-refractivity contribution in [2.75, 3.05) is 13.2 Å². The van der Waals surface area contributed by atoms with Gasteiger partial charge in [-0.3, -0.25) is 4.79 Å². The molecule has 0 bridgehead atoms. The van der Waals surface area contributed by atoms with E-state index in [0.29, 0.717) is 11.8 Å². The first-order chi connectivity index (χ1) is 7.81. The van der Waals surface area contributed by atoms with E-state index in [0.717, 1.165) is 25.1 Å². The van der Waals surface area contributed by atoms with Gasteiger partial charge in [0.25, 0.3) is 0 Å². The molecule has 2 heteroatoms. The van der Waals surface area contributed by atoms with Crippen LogP contribution in [0, 0.1) is 5.92 Å². The molecule has 1 aliphatic rings. The van der Waals surface area contributed by atoms with Crippen molar-refractivity contribution in [3.05, 3.63) is 35.4 Å². The molecule has 0 aliphatic carbocycles. The van der Waals surface area contributed by atoms with Crippen LogP contribution in [0.15, 0.2) is 24.3 Å². The fraction of sp³-hybridized carbons (Fsp3) is 0.500. The molecule has 1 fully saturated rings. The highest BCUT2D eigenvalue weighted by Gasteiger charge is 2.21. The van der Waals surface area contributed by atoms with Gasteiger partial charge in [0.15, 0.2) is 0 Å². The molecule has 2 unspecified atom stereocenters. The Morgan fingerprint density at radius 3 is 2.69 bits per heavy atom. The highest BCUT2D eigenvalue weighted by atomic mass is 16.5. The highest BCUT2D eigenvalue weighted by Crippen LogP contribution is 2.30. The van der Waals surface area contributed by atoms with Crippen molar-refractivity contribution in [1.82, 2.24) is 0 Å². The minimum atomic E-state index is 0.515. The summed E-state index contributed by atoms with van der Waals surface area (Å²) in [5, 5.41) is 0. The lowest BCUT2D eigenvalue weighted by molar-refractivity contribution is 0.0463. The fourth-order valence-corrected chi connectivity index (χ4v) is 2.31. The average molecular weight is 218 g/mol. The second-order valence-electron chi connectivity index (χ2n) is 4.55. The quantitative estimate of drug-likeness (QED) is 0.729. The first-order valence-corrected chi connectivity index (χ1v) is 5.94. The number of ether oxygens (including phenoxy) is 1. The van der Waals surface area contributed by atoms with Crippen LogP contribution in [-0.2, 0) is 4.74 Å². The summed E-state index contributed by atoms with van der Waals surface area (Å²) in [7, 11) is 0. The summed E-state index contributed by atoms with van der Waals surface area (Å²) >= 11 is 0. The van der Waals surface area contributed by atoms with Gasteiger partial charge >= 0.3 is 0 Å². The van der Waals surface area contributed by atoms with Gasteiger partial charge in [-0.15, -0.1) is 0 Å². The normalized spacial score (nSPS) is 22.7. The number of aldehydes is 1. The predicted molar refractivity (Wildman–Crippen MR) is 63.8 cm³/mol. The van der Waals surface area contributed by atoms with Gasteiger partial charge < -0.3 is 4.74 Å². The van der Waals surface area contributed by atoms with Crippen molar-refractivity contribution < 1.29 is 9.53 Å². The lowest BCUT2D eigenvalue weighted by Gasteiger charge is -2.28. The molecule has 16 heavy (non-hydrogen) atoms. The maximum Gasteiger partial charge on any atom is 0.150 e. The number of benzene rings is 1. The molecule has 1 aliphatic heterocycles. The third-order valence-corrected chi connectivity index (χ3v) is 3.50. The van der Waals surface area contributed by atoms with Crippen LogP contribution < -0.4 is 0 Å². The molecule has 1 aromatic carbocycles. The molecule has 0 amide bonds. The first-order valence-electron chi connectivity index (χ1n) is 5.94. The van der Waals surface area contributed by atoms with Crippen molar-refractivity contribution in [2.24, 2.45) is 5.92 Å². The first kappa shape index (κ1) is 11.3. The summed E-state index contributed by atoms with van der Waals surface area (Å²) in [4.78, 5) is 10.6. The van der Waals surface area contributed by atoms with Gasteiger partial charge in [0.2, 0.25) is 0 Å². The fourth-order valence-electron chi connectivity index (χ4n) is 2.31. The van der Waals surface area contributed by atoms with E-state index < -0.39 is 0 Å². The van der Waals surface area contributed by atoms with Crippen LogP contribution in [0.4, 0.5) is 0 Å². The summed E-state index contributed by atoms with van der Waals surface area (Å²) < 4.78 is 5.51. The molecule has 1 saturated heterocycles. The van der Waals surface area contributed by atoms with Gasteiger partial charge in [-0.25, -0.2) is 0 Å². The molecule has 0 spiro atoms. The monoisotopic (exact) mass is 218 g/mol. The lowest BCUT2D eigenvalue weighted by atomic mass is 9.84. The van der Waals surface area contributed by atoms with E-state index in [4.69, 9.17) is 4.74 Å². The predicted octanol–water partition coefficient (Wildman–Crippen LogP) is 3.03. The van der Waals surface area contributed by atoms with Crippen molar-refractivity contribution in [3.63, 3.8) is 0 Å². The summed E-state index contributed by atoms with van der Waals surface area (Å²) in [5.74, 6) is 1.14. The Hall–Kier alpha value is -1.15. The topological polar surface area (TPSA) is 26.3 Å². The summed E-state index contributed by atoms with van der Waals surface area (Å²) in [6.07, 6.45) is 3.30. The van der Waals surface area contributed by atoms with Crippen LogP contribution >= 0.6 is 0 Å². The second kappa shape index (κ2) is 5.26. The Bertz CT molecular complexity index is 336. The van der Waals surface area contributed by atoms with E-state index in [2.05, 4.69) is 19.1 Å². The molecule has 2 rings (SSSR count). The Balaban J connectivity index is 2.06. The van der Waals surface area contributed by atoms with E-state index in [1.165, 1.54) is 18.4 Å². The van der Waals surface area contributed by atoms with E-state index in [1.807, 2.05) is 12.1 Å². The maximum atomic E-state index is 10.6. The molecule has 2 atom stereocenters. The number of hydrogen-bond donors (Lipinski definition) is 0. The number of carbonyl (C=O) groups is 1. The minimum Gasteiger partial charge on any atom is -0.381 e. The molecule has 2 nitrogen and oxygen atoms in total. The molecular formula is C14H18O2. The SMILES string of the molecule is CC(c1ccc(C=O)cc1)C1CCCOC1. The van der Waals surface area contributed by atoms with Gasteiger partial charge in [-0.2, -0.15) is 0 Å². The van der Waals surface area contributed by atoms with Gasteiger partial charge in [0.1, 0.15) is 6.29 Å². The van der Waals surface area contributed by atoms with Crippen molar-refractivity contribution in [2.45, 2.75) is 25.7 Å².